The zero-order valence-corrected chi connectivity index (χ0v) is 21.2. The largest absolute Gasteiger partial charge is 0.508 e. The molecule has 3 aliphatic rings. The summed E-state index contributed by atoms with van der Waals surface area (Å²) in [7, 11) is 9.34. The first-order valence-electron chi connectivity index (χ1n) is 11.9. The van der Waals surface area contributed by atoms with Gasteiger partial charge in [-0.05, 0) is 50.0 Å². The number of amides is 1. The molecule has 1 aromatic rings. The smallest absolute Gasteiger partial charge is 0.255 e. The topological polar surface area (TPSA) is 161 Å². The molecule has 1 aromatic carbocycles. The number of quaternary nitrogens is 1. The Morgan fingerprint density at radius 3 is 2.36 bits per heavy atom. The maximum Gasteiger partial charge on any atom is 0.255 e. The molecule has 36 heavy (non-hydrogen) atoms. The van der Waals surface area contributed by atoms with Crippen LogP contribution in [-0.2, 0) is 27.2 Å². The molecule has 0 heterocycles. The Bertz CT molecular complexity index is 1240. The van der Waals surface area contributed by atoms with Crippen LogP contribution in [0, 0.1) is 11.8 Å². The predicted molar refractivity (Wildman–Crippen MR) is 131 cm³/mol. The number of nitrogens with zero attached hydrogens (tertiary/aromatic N) is 2. The number of fused-ring (bicyclic) bond motifs is 3. The minimum Gasteiger partial charge on any atom is -0.508 e. The molecule has 1 fully saturated rings. The summed E-state index contributed by atoms with van der Waals surface area (Å²) in [5, 5.41) is 44.4. The van der Waals surface area contributed by atoms with E-state index in [1.807, 2.05) is 6.07 Å². The van der Waals surface area contributed by atoms with Crippen molar-refractivity contribution >= 4 is 23.2 Å². The van der Waals surface area contributed by atoms with Gasteiger partial charge in [0, 0.05) is 17.9 Å². The van der Waals surface area contributed by atoms with Gasteiger partial charge in [0.25, 0.3) is 5.91 Å². The molecule has 10 nitrogen and oxygen atoms in total. The lowest BCUT2D eigenvalue weighted by Crippen LogP contribution is -2.65. The van der Waals surface area contributed by atoms with E-state index in [-0.39, 0.29) is 23.3 Å². The molecule has 3 aliphatic carbocycles. The lowest BCUT2D eigenvalue weighted by molar-refractivity contribution is -0.870. The van der Waals surface area contributed by atoms with Gasteiger partial charge in [-0.25, -0.2) is 0 Å². The molecule has 0 spiro atoms. The Hall–Kier alpha value is -3.21. The number of benzene rings is 1. The van der Waals surface area contributed by atoms with Crippen molar-refractivity contribution in [2.45, 2.75) is 30.9 Å². The van der Waals surface area contributed by atoms with Crippen LogP contribution in [0.25, 0.3) is 5.76 Å². The van der Waals surface area contributed by atoms with E-state index in [4.69, 9.17) is 5.73 Å². The number of phenolic OH excluding ortho intramolecular Hbond substituents is 1. The van der Waals surface area contributed by atoms with Gasteiger partial charge in [-0.1, -0.05) is 6.07 Å². The van der Waals surface area contributed by atoms with Gasteiger partial charge in [-0.2, -0.15) is 0 Å². The van der Waals surface area contributed by atoms with Crippen molar-refractivity contribution in [1.29, 1.82) is 0 Å². The summed E-state index contributed by atoms with van der Waals surface area (Å²) < 4.78 is 0.709. The van der Waals surface area contributed by atoms with Crippen LogP contribution in [0.1, 0.15) is 23.1 Å². The Kier molecular flexibility index (Phi) is 6.06. The van der Waals surface area contributed by atoms with Gasteiger partial charge < -0.3 is 30.6 Å². The van der Waals surface area contributed by atoms with E-state index in [0.717, 1.165) is 12.1 Å². The second kappa shape index (κ2) is 8.43. The number of aromatic hydroxyl groups is 1. The third-order valence-corrected chi connectivity index (χ3v) is 7.75. The van der Waals surface area contributed by atoms with Gasteiger partial charge in [0.05, 0.1) is 39.3 Å². The number of Topliss-reactive ketones (excluding diaryl/α,β-unsaturated/α-hetero) is 2. The van der Waals surface area contributed by atoms with E-state index in [0.29, 0.717) is 22.9 Å². The summed E-state index contributed by atoms with van der Waals surface area (Å²) in [6, 6.07) is 2.18. The number of phenols is 1. The van der Waals surface area contributed by atoms with Crippen LogP contribution in [0.3, 0.4) is 0 Å². The Labute approximate surface area is 209 Å². The van der Waals surface area contributed by atoms with Crippen molar-refractivity contribution in [3.8, 4) is 5.75 Å². The van der Waals surface area contributed by atoms with Crippen LogP contribution in [0.5, 0.6) is 5.75 Å². The zero-order chi connectivity index (χ0) is 26.9. The SMILES string of the molecule is CN(C)C1C(=O)C(C(N)=O)=C(O)C2(O)C(=O)C3=C(O)c4c(O)ccc(CC[N+](C)(C)C)c4CC3CC12. The van der Waals surface area contributed by atoms with Crippen molar-refractivity contribution in [3.63, 3.8) is 0 Å². The van der Waals surface area contributed by atoms with Crippen LogP contribution < -0.4 is 5.73 Å². The predicted octanol–water partition coefficient (Wildman–Crippen LogP) is 0.213. The van der Waals surface area contributed by atoms with Gasteiger partial charge in [0.1, 0.15) is 22.8 Å². The molecule has 0 radical (unpaired) electrons. The molecule has 4 unspecified atom stereocenters. The number of likely N-dealkylation sites (N-methyl/N-ethyl adjacent to an activating group) is 2. The van der Waals surface area contributed by atoms with E-state index < -0.39 is 58.0 Å². The molecule has 1 amide bonds. The first kappa shape index (κ1) is 25.9. The fraction of sp³-hybridized carbons (Fsp3) is 0.500. The van der Waals surface area contributed by atoms with Crippen LogP contribution in [-0.4, -0.2) is 101 Å². The van der Waals surface area contributed by atoms with Crippen molar-refractivity contribution in [2.24, 2.45) is 17.6 Å². The van der Waals surface area contributed by atoms with Gasteiger partial charge in [-0.3, -0.25) is 19.3 Å². The fourth-order valence-corrected chi connectivity index (χ4v) is 6.00. The first-order valence-corrected chi connectivity index (χ1v) is 11.9. The first-order chi connectivity index (χ1) is 16.6. The monoisotopic (exact) mass is 500 g/mol. The average Bonchev–Trinajstić information content (AvgIpc) is 2.74. The van der Waals surface area contributed by atoms with E-state index in [2.05, 4.69) is 21.1 Å². The van der Waals surface area contributed by atoms with Crippen molar-refractivity contribution in [1.82, 2.24) is 4.90 Å². The molecule has 6 N–H and O–H groups in total. The van der Waals surface area contributed by atoms with Crippen molar-refractivity contribution in [2.75, 3.05) is 41.8 Å². The molecule has 194 valence electrons. The normalized spacial score (nSPS) is 28.2. The number of hydrogen-bond acceptors (Lipinski definition) is 8. The molecular formula is C26H34N3O7+. The van der Waals surface area contributed by atoms with E-state index in [1.54, 1.807) is 14.1 Å². The summed E-state index contributed by atoms with van der Waals surface area (Å²) in [6.45, 7) is 0.798. The summed E-state index contributed by atoms with van der Waals surface area (Å²) in [5.41, 5.74) is 3.54. The standard InChI is InChI=1S/C26H33N3O7/c1-28(2)20-15-11-13-10-14-12(8-9-29(3,4)5)6-7-16(30)18(14)21(31)17(13)23(33)26(15,36)24(34)19(22(20)32)25(27)35/h6-7,13,15,20,36H,8-11H2,1-5H3,(H4-,27,30,31,32,33,34,35)/p+1. The Balaban J connectivity index is 1.91. The molecule has 0 bridgehead atoms. The van der Waals surface area contributed by atoms with E-state index in [1.165, 1.54) is 11.0 Å². The van der Waals surface area contributed by atoms with Crippen LogP contribution in [0.2, 0.25) is 0 Å². The molecular weight excluding hydrogens is 466 g/mol. The number of aliphatic hydroxyl groups is 3. The van der Waals surface area contributed by atoms with Gasteiger partial charge in [0.15, 0.2) is 11.4 Å². The zero-order valence-electron chi connectivity index (χ0n) is 21.2. The Morgan fingerprint density at radius 2 is 1.81 bits per heavy atom. The number of aliphatic hydroxyl groups excluding tert-OH is 2. The second-order valence-electron chi connectivity index (χ2n) is 11.3. The van der Waals surface area contributed by atoms with E-state index in [9.17, 15) is 34.8 Å². The molecule has 10 heteroatoms. The molecule has 4 rings (SSSR count). The number of carbonyl (C=O) groups is 3. The third-order valence-electron chi connectivity index (χ3n) is 7.75. The average molecular weight is 501 g/mol. The highest BCUT2D eigenvalue weighted by Gasteiger charge is 2.64. The van der Waals surface area contributed by atoms with Crippen molar-refractivity contribution in [3.05, 3.63) is 45.7 Å². The van der Waals surface area contributed by atoms with Crippen LogP contribution in [0.15, 0.2) is 29.0 Å². The summed E-state index contributed by atoms with van der Waals surface area (Å²) in [6.07, 6.45) is 1.05. The quantitative estimate of drug-likeness (QED) is 0.283. The van der Waals surface area contributed by atoms with E-state index >= 15 is 0 Å². The molecule has 0 aliphatic heterocycles. The lowest BCUT2D eigenvalue weighted by atomic mass is 9.57. The second-order valence-corrected chi connectivity index (χ2v) is 11.3. The highest BCUT2D eigenvalue weighted by atomic mass is 16.3. The van der Waals surface area contributed by atoms with Crippen LogP contribution in [0.4, 0.5) is 0 Å². The minimum absolute atomic E-state index is 0.0796. The highest BCUT2D eigenvalue weighted by Crippen LogP contribution is 2.52. The van der Waals surface area contributed by atoms with Crippen molar-refractivity contribution < 1.29 is 39.3 Å². The van der Waals surface area contributed by atoms with Gasteiger partial charge in [0.2, 0.25) is 5.78 Å². The van der Waals surface area contributed by atoms with Gasteiger partial charge >= 0.3 is 0 Å². The summed E-state index contributed by atoms with van der Waals surface area (Å²) >= 11 is 0. The number of nitrogens with two attached hydrogens (primary N) is 1. The Morgan fingerprint density at radius 1 is 1.17 bits per heavy atom. The summed E-state index contributed by atoms with van der Waals surface area (Å²) in [4.78, 5) is 40.5. The fourth-order valence-electron chi connectivity index (χ4n) is 6.00. The number of rotatable bonds is 5. The minimum atomic E-state index is -2.62. The number of primary amides is 1. The third kappa shape index (κ3) is 3.71. The lowest BCUT2D eigenvalue weighted by Gasteiger charge is -2.50. The highest BCUT2D eigenvalue weighted by molar-refractivity contribution is 6.24. The van der Waals surface area contributed by atoms with Gasteiger partial charge in [-0.15, -0.1) is 0 Å². The number of ketones is 2. The maximum absolute atomic E-state index is 13.8. The summed E-state index contributed by atoms with van der Waals surface area (Å²) in [5.74, 6) is -6.41. The number of hydrogen-bond donors (Lipinski definition) is 5. The maximum atomic E-state index is 13.8. The molecule has 1 saturated carbocycles. The molecule has 4 atom stereocenters. The molecule has 0 aromatic heterocycles. The number of carbonyl (C=O) groups excluding carboxylic acids is 3. The molecule has 0 saturated heterocycles. The van der Waals surface area contributed by atoms with Crippen LogP contribution >= 0.6 is 0 Å².